The molecule has 1 rings (SSSR count). The van der Waals surface area contributed by atoms with E-state index < -0.39 is 0 Å². The summed E-state index contributed by atoms with van der Waals surface area (Å²) in [7, 11) is 0. The standard InChI is InChI=1S/C15H22ClNO/c1-3-14(10-11-16)17-15(18)9-8-13-7-5-4-6-12(13)2/h4-7,14H,3,8-11H2,1-2H3,(H,17,18). The summed E-state index contributed by atoms with van der Waals surface area (Å²) in [5, 5.41) is 3.03. The maximum atomic E-state index is 11.8. The Bertz CT molecular complexity index is 379. The second-order valence-electron chi connectivity index (χ2n) is 4.58. The number of hydrogen-bond acceptors (Lipinski definition) is 1. The van der Waals surface area contributed by atoms with Crippen molar-refractivity contribution in [2.45, 2.75) is 45.6 Å². The number of benzene rings is 1. The van der Waals surface area contributed by atoms with Crippen molar-refractivity contribution < 1.29 is 4.79 Å². The summed E-state index contributed by atoms with van der Waals surface area (Å²) < 4.78 is 0. The van der Waals surface area contributed by atoms with Gasteiger partial charge in [-0.1, -0.05) is 31.2 Å². The molecule has 1 unspecified atom stereocenters. The Morgan fingerprint density at radius 2 is 2.11 bits per heavy atom. The van der Waals surface area contributed by atoms with Gasteiger partial charge in [-0.2, -0.15) is 0 Å². The second-order valence-corrected chi connectivity index (χ2v) is 4.95. The normalized spacial score (nSPS) is 12.2. The first-order valence-corrected chi connectivity index (χ1v) is 7.10. The van der Waals surface area contributed by atoms with Crippen LogP contribution in [0.3, 0.4) is 0 Å². The fourth-order valence-electron chi connectivity index (χ4n) is 1.95. The highest BCUT2D eigenvalue weighted by molar-refractivity contribution is 6.17. The molecule has 18 heavy (non-hydrogen) atoms. The number of halogens is 1. The van der Waals surface area contributed by atoms with E-state index in [0.29, 0.717) is 12.3 Å². The van der Waals surface area contributed by atoms with Gasteiger partial charge in [-0.3, -0.25) is 4.79 Å². The number of amides is 1. The highest BCUT2D eigenvalue weighted by atomic mass is 35.5. The third-order valence-electron chi connectivity index (χ3n) is 3.20. The lowest BCUT2D eigenvalue weighted by molar-refractivity contribution is -0.121. The van der Waals surface area contributed by atoms with Crippen molar-refractivity contribution in [2.75, 3.05) is 5.88 Å². The molecule has 0 aliphatic carbocycles. The first-order valence-electron chi connectivity index (χ1n) is 6.57. The number of alkyl halides is 1. The Morgan fingerprint density at radius 3 is 2.72 bits per heavy atom. The fourth-order valence-corrected chi connectivity index (χ4v) is 2.21. The van der Waals surface area contributed by atoms with Crippen LogP contribution in [0.4, 0.5) is 0 Å². The first-order chi connectivity index (χ1) is 8.67. The van der Waals surface area contributed by atoms with Gasteiger partial charge in [0.05, 0.1) is 0 Å². The van der Waals surface area contributed by atoms with Crippen LogP contribution < -0.4 is 5.32 Å². The van der Waals surface area contributed by atoms with E-state index in [2.05, 4.69) is 31.3 Å². The zero-order valence-electron chi connectivity index (χ0n) is 11.2. The molecule has 0 radical (unpaired) electrons. The predicted octanol–water partition coefficient (Wildman–Crippen LogP) is 3.45. The van der Waals surface area contributed by atoms with E-state index in [1.165, 1.54) is 11.1 Å². The van der Waals surface area contributed by atoms with Crippen molar-refractivity contribution >= 4 is 17.5 Å². The fraction of sp³-hybridized carbons (Fsp3) is 0.533. The largest absolute Gasteiger partial charge is 0.353 e. The van der Waals surface area contributed by atoms with Crippen LogP contribution in [0.1, 0.15) is 37.3 Å². The summed E-state index contributed by atoms with van der Waals surface area (Å²) in [6, 6.07) is 8.41. The van der Waals surface area contributed by atoms with Crippen LogP contribution in [-0.4, -0.2) is 17.8 Å². The highest BCUT2D eigenvalue weighted by Gasteiger charge is 2.10. The van der Waals surface area contributed by atoms with Gasteiger partial charge in [-0.15, -0.1) is 11.6 Å². The molecule has 1 aromatic carbocycles. The third kappa shape index (κ3) is 5.09. The van der Waals surface area contributed by atoms with Gasteiger partial charge >= 0.3 is 0 Å². The van der Waals surface area contributed by atoms with Crippen molar-refractivity contribution in [3.05, 3.63) is 35.4 Å². The lowest BCUT2D eigenvalue weighted by atomic mass is 10.0. The van der Waals surface area contributed by atoms with Gasteiger partial charge < -0.3 is 5.32 Å². The smallest absolute Gasteiger partial charge is 0.220 e. The van der Waals surface area contributed by atoms with Crippen LogP contribution in [-0.2, 0) is 11.2 Å². The number of hydrogen-bond donors (Lipinski definition) is 1. The molecule has 0 fully saturated rings. The van der Waals surface area contributed by atoms with Gasteiger partial charge in [0.1, 0.15) is 0 Å². The minimum atomic E-state index is 0.121. The Morgan fingerprint density at radius 1 is 1.39 bits per heavy atom. The summed E-state index contributed by atoms with van der Waals surface area (Å²) in [5.74, 6) is 0.714. The molecule has 0 aromatic heterocycles. The SMILES string of the molecule is CCC(CCCl)NC(=O)CCc1ccccc1C. The van der Waals surface area contributed by atoms with Crippen LogP contribution in [0.15, 0.2) is 24.3 Å². The molecule has 0 aliphatic rings. The summed E-state index contributed by atoms with van der Waals surface area (Å²) in [6.07, 6.45) is 3.12. The molecule has 0 saturated heterocycles. The molecule has 1 N–H and O–H groups in total. The Labute approximate surface area is 115 Å². The van der Waals surface area contributed by atoms with Crippen molar-refractivity contribution in [1.82, 2.24) is 5.32 Å². The molecule has 1 aromatic rings. The maximum absolute atomic E-state index is 11.8. The van der Waals surface area contributed by atoms with Crippen LogP contribution in [0.2, 0.25) is 0 Å². The van der Waals surface area contributed by atoms with E-state index in [0.717, 1.165) is 19.3 Å². The van der Waals surface area contributed by atoms with Crippen molar-refractivity contribution in [2.24, 2.45) is 0 Å². The summed E-state index contributed by atoms with van der Waals surface area (Å²) in [5.41, 5.74) is 2.50. The average molecular weight is 268 g/mol. The maximum Gasteiger partial charge on any atom is 0.220 e. The average Bonchev–Trinajstić information content (AvgIpc) is 2.37. The zero-order valence-corrected chi connectivity index (χ0v) is 12.0. The minimum absolute atomic E-state index is 0.121. The lowest BCUT2D eigenvalue weighted by Gasteiger charge is -2.15. The molecule has 2 nitrogen and oxygen atoms in total. The summed E-state index contributed by atoms with van der Waals surface area (Å²) in [6.45, 7) is 4.15. The van der Waals surface area contributed by atoms with Crippen LogP contribution in [0.5, 0.6) is 0 Å². The van der Waals surface area contributed by atoms with Gasteiger partial charge in [0, 0.05) is 18.3 Å². The topological polar surface area (TPSA) is 29.1 Å². The summed E-state index contributed by atoms with van der Waals surface area (Å²) in [4.78, 5) is 11.8. The van der Waals surface area contributed by atoms with Crippen molar-refractivity contribution in [1.29, 1.82) is 0 Å². The summed E-state index contributed by atoms with van der Waals surface area (Å²) >= 11 is 5.70. The monoisotopic (exact) mass is 267 g/mol. The number of carbonyl (C=O) groups is 1. The molecular weight excluding hydrogens is 246 g/mol. The molecule has 100 valence electrons. The Hall–Kier alpha value is -1.02. The Kier molecular flexibility index (Phi) is 6.81. The van der Waals surface area contributed by atoms with Gasteiger partial charge in [0.2, 0.25) is 5.91 Å². The van der Waals surface area contributed by atoms with Crippen molar-refractivity contribution in [3.8, 4) is 0 Å². The highest BCUT2D eigenvalue weighted by Crippen LogP contribution is 2.09. The van der Waals surface area contributed by atoms with E-state index in [1.54, 1.807) is 0 Å². The second kappa shape index (κ2) is 8.15. The van der Waals surface area contributed by atoms with E-state index in [4.69, 9.17) is 11.6 Å². The third-order valence-corrected chi connectivity index (χ3v) is 3.42. The first kappa shape index (κ1) is 15.0. The molecule has 0 spiro atoms. The van der Waals surface area contributed by atoms with Gasteiger partial charge in [-0.05, 0) is 37.3 Å². The molecule has 1 atom stereocenters. The Balaban J connectivity index is 2.39. The molecule has 0 aliphatic heterocycles. The molecular formula is C15H22ClNO. The number of nitrogens with one attached hydrogen (secondary N) is 1. The zero-order chi connectivity index (χ0) is 13.4. The molecule has 1 amide bonds. The van der Waals surface area contributed by atoms with Crippen LogP contribution >= 0.6 is 11.6 Å². The van der Waals surface area contributed by atoms with Gasteiger partial charge in [-0.25, -0.2) is 0 Å². The number of carbonyl (C=O) groups excluding carboxylic acids is 1. The van der Waals surface area contributed by atoms with Crippen LogP contribution in [0, 0.1) is 6.92 Å². The predicted molar refractivity (Wildman–Crippen MR) is 77.1 cm³/mol. The van der Waals surface area contributed by atoms with Gasteiger partial charge in [0.25, 0.3) is 0 Å². The molecule has 0 saturated carbocycles. The molecule has 3 heteroatoms. The molecule has 0 heterocycles. The van der Waals surface area contributed by atoms with E-state index in [9.17, 15) is 4.79 Å². The lowest BCUT2D eigenvalue weighted by Crippen LogP contribution is -2.34. The van der Waals surface area contributed by atoms with E-state index >= 15 is 0 Å². The quantitative estimate of drug-likeness (QED) is 0.754. The number of aryl methyl sites for hydroxylation is 2. The van der Waals surface area contributed by atoms with E-state index in [1.807, 2.05) is 12.1 Å². The molecule has 0 bridgehead atoms. The van der Waals surface area contributed by atoms with E-state index in [-0.39, 0.29) is 11.9 Å². The minimum Gasteiger partial charge on any atom is -0.353 e. The van der Waals surface area contributed by atoms with Crippen molar-refractivity contribution in [3.63, 3.8) is 0 Å². The van der Waals surface area contributed by atoms with Crippen LogP contribution in [0.25, 0.3) is 0 Å². The van der Waals surface area contributed by atoms with Gasteiger partial charge in [0.15, 0.2) is 0 Å². The number of rotatable bonds is 7.